The zero-order valence-electron chi connectivity index (χ0n) is 9.75. The minimum absolute atomic E-state index is 0.124. The van der Waals surface area contributed by atoms with Crippen LogP contribution in [0.3, 0.4) is 0 Å². The number of sulfone groups is 1. The Kier molecular flexibility index (Phi) is 4.65. The third kappa shape index (κ3) is 3.58. The molecule has 0 heterocycles. The number of hydrogen-bond donors (Lipinski definition) is 0. The molecule has 0 saturated heterocycles. The molecule has 2 rings (SSSR count). The minimum atomic E-state index is -3.52. The van der Waals surface area contributed by atoms with Crippen LogP contribution in [0, 0.1) is 3.57 Å². The second-order valence-corrected chi connectivity index (χ2v) is 7.17. The maximum Gasteiger partial charge on any atom is 0.201 e. The molecule has 2 aromatic rings. The summed E-state index contributed by atoms with van der Waals surface area (Å²) >= 11 is 8.07. The molecule has 0 aliphatic rings. The highest BCUT2D eigenvalue weighted by molar-refractivity contribution is 14.1. The molecule has 0 aromatic heterocycles. The van der Waals surface area contributed by atoms with Crippen molar-refractivity contribution in [1.29, 1.82) is 0 Å². The summed E-state index contributed by atoms with van der Waals surface area (Å²) in [5, 5.41) is 1.42. The van der Waals surface area contributed by atoms with Gasteiger partial charge in [0.05, 0.1) is 9.92 Å². The highest BCUT2D eigenvalue weighted by Crippen LogP contribution is 2.23. The first kappa shape index (κ1) is 14.6. The molecule has 0 saturated carbocycles. The third-order valence-corrected chi connectivity index (χ3v) is 5.36. The molecule has 2 aromatic carbocycles. The monoisotopic (exact) mass is 404 g/mol. The zero-order chi connectivity index (χ0) is 13.9. The SMILES string of the molecule is O=S(=O)(C=Cc1ccccc1I)c1ccccc1Cl. The van der Waals surface area contributed by atoms with Gasteiger partial charge in [0.15, 0.2) is 0 Å². The van der Waals surface area contributed by atoms with Crippen molar-refractivity contribution in [2.75, 3.05) is 0 Å². The van der Waals surface area contributed by atoms with Crippen molar-refractivity contribution < 1.29 is 8.42 Å². The van der Waals surface area contributed by atoms with E-state index in [1.165, 1.54) is 11.5 Å². The number of benzene rings is 2. The van der Waals surface area contributed by atoms with Crippen LogP contribution in [0.1, 0.15) is 5.56 Å². The van der Waals surface area contributed by atoms with Crippen LogP contribution in [0.2, 0.25) is 5.02 Å². The third-order valence-electron chi connectivity index (χ3n) is 2.48. The van der Waals surface area contributed by atoms with Crippen LogP contribution in [0.25, 0.3) is 6.08 Å². The Morgan fingerprint density at radius 2 is 1.63 bits per heavy atom. The van der Waals surface area contributed by atoms with E-state index in [1.54, 1.807) is 24.3 Å². The Labute approximate surface area is 131 Å². The van der Waals surface area contributed by atoms with Gasteiger partial charge in [-0.15, -0.1) is 0 Å². The van der Waals surface area contributed by atoms with Gasteiger partial charge in [-0.25, -0.2) is 8.42 Å². The molecule has 0 aliphatic carbocycles. The summed E-state index contributed by atoms with van der Waals surface area (Å²) in [5.41, 5.74) is 0.860. The number of rotatable bonds is 3. The van der Waals surface area contributed by atoms with E-state index in [4.69, 9.17) is 11.6 Å². The van der Waals surface area contributed by atoms with Gasteiger partial charge in [0.25, 0.3) is 0 Å². The molecule has 0 amide bonds. The van der Waals surface area contributed by atoms with Crippen LogP contribution in [0.4, 0.5) is 0 Å². The zero-order valence-corrected chi connectivity index (χ0v) is 13.5. The maximum atomic E-state index is 12.2. The molecule has 2 nitrogen and oxygen atoms in total. The van der Waals surface area contributed by atoms with Crippen molar-refractivity contribution in [3.05, 3.63) is 68.1 Å². The maximum absolute atomic E-state index is 12.2. The largest absolute Gasteiger partial charge is 0.219 e. The van der Waals surface area contributed by atoms with Crippen molar-refractivity contribution in [1.82, 2.24) is 0 Å². The molecule has 0 fully saturated rings. The fourth-order valence-corrected chi connectivity index (χ4v) is 3.63. The Morgan fingerprint density at radius 1 is 1.00 bits per heavy atom. The average molecular weight is 405 g/mol. The molecule has 0 unspecified atom stereocenters. The Hall–Kier alpha value is -0.850. The number of halogens is 2. The van der Waals surface area contributed by atoms with E-state index in [0.29, 0.717) is 0 Å². The quantitative estimate of drug-likeness (QED) is 0.711. The Bertz CT molecular complexity index is 724. The molecule has 0 atom stereocenters. The number of hydrogen-bond acceptors (Lipinski definition) is 2. The summed E-state index contributed by atoms with van der Waals surface area (Å²) in [6.07, 6.45) is 1.58. The van der Waals surface area contributed by atoms with Crippen LogP contribution in [-0.4, -0.2) is 8.42 Å². The highest BCUT2D eigenvalue weighted by Gasteiger charge is 2.13. The fourth-order valence-electron chi connectivity index (χ4n) is 1.52. The van der Waals surface area contributed by atoms with E-state index in [2.05, 4.69) is 22.6 Å². The molecule has 0 spiro atoms. The molecular weight excluding hydrogens is 395 g/mol. The van der Waals surface area contributed by atoms with E-state index in [-0.39, 0.29) is 9.92 Å². The summed E-state index contributed by atoms with van der Waals surface area (Å²) in [6, 6.07) is 14.0. The lowest BCUT2D eigenvalue weighted by atomic mass is 10.2. The lowest BCUT2D eigenvalue weighted by Crippen LogP contribution is -1.97. The van der Waals surface area contributed by atoms with Crippen molar-refractivity contribution in [3.63, 3.8) is 0 Å². The molecule has 19 heavy (non-hydrogen) atoms. The van der Waals surface area contributed by atoms with Gasteiger partial charge in [0.1, 0.15) is 0 Å². The van der Waals surface area contributed by atoms with Crippen molar-refractivity contribution in [2.45, 2.75) is 4.90 Å². The molecule has 0 N–H and O–H groups in total. The first-order valence-corrected chi connectivity index (χ1v) is 8.43. The predicted molar refractivity (Wildman–Crippen MR) is 86.8 cm³/mol. The van der Waals surface area contributed by atoms with E-state index in [9.17, 15) is 8.42 Å². The topological polar surface area (TPSA) is 34.1 Å². The van der Waals surface area contributed by atoms with Crippen molar-refractivity contribution in [2.24, 2.45) is 0 Å². The van der Waals surface area contributed by atoms with Gasteiger partial charge >= 0.3 is 0 Å². The molecule has 0 bridgehead atoms. The predicted octanol–water partition coefficient (Wildman–Crippen LogP) is 4.39. The van der Waals surface area contributed by atoms with Crippen LogP contribution in [0.15, 0.2) is 58.8 Å². The van der Waals surface area contributed by atoms with Gasteiger partial charge < -0.3 is 0 Å². The van der Waals surface area contributed by atoms with Crippen molar-refractivity contribution >= 4 is 50.1 Å². The van der Waals surface area contributed by atoms with Crippen molar-refractivity contribution in [3.8, 4) is 0 Å². The van der Waals surface area contributed by atoms with Gasteiger partial charge in [-0.05, 0) is 52.4 Å². The standard InChI is InChI=1S/C14H10ClIO2S/c15-12-6-2-4-8-14(12)19(17,18)10-9-11-5-1-3-7-13(11)16/h1-10H. The van der Waals surface area contributed by atoms with E-state index in [0.717, 1.165) is 9.13 Å². The average Bonchev–Trinajstić information content (AvgIpc) is 2.38. The van der Waals surface area contributed by atoms with E-state index < -0.39 is 9.84 Å². The van der Waals surface area contributed by atoms with Crippen LogP contribution < -0.4 is 0 Å². The van der Waals surface area contributed by atoms with Gasteiger partial charge in [0, 0.05) is 8.98 Å². The summed E-state index contributed by atoms with van der Waals surface area (Å²) in [6.45, 7) is 0. The summed E-state index contributed by atoms with van der Waals surface area (Å²) in [7, 11) is -3.52. The second kappa shape index (κ2) is 6.07. The molecule has 5 heteroatoms. The minimum Gasteiger partial charge on any atom is -0.219 e. The molecule has 98 valence electrons. The fraction of sp³-hybridized carbons (Fsp3) is 0. The smallest absolute Gasteiger partial charge is 0.201 e. The van der Waals surface area contributed by atoms with Gasteiger partial charge in [0.2, 0.25) is 9.84 Å². The molecular formula is C14H10ClIO2S. The molecule has 0 aliphatic heterocycles. The lowest BCUT2D eigenvalue weighted by molar-refractivity contribution is 0.605. The normalized spacial score (nSPS) is 11.9. The Morgan fingerprint density at radius 3 is 2.32 bits per heavy atom. The lowest BCUT2D eigenvalue weighted by Gasteiger charge is -2.02. The summed E-state index contributed by atoms with van der Waals surface area (Å²) in [4.78, 5) is 0.124. The van der Waals surface area contributed by atoms with E-state index in [1.807, 2.05) is 24.3 Å². The highest BCUT2D eigenvalue weighted by atomic mass is 127. The van der Waals surface area contributed by atoms with Gasteiger partial charge in [-0.3, -0.25) is 0 Å². The first-order chi connectivity index (χ1) is 9.00. The summed E-state index contributed by atoms with van der Waals surface area (Å²) in [5.74, 6) is 0. The Balaban J connectivity index is 2.38. The van der Waals surface area contributed by atoms with Gasteiger partial charge in [-0.2, -0.15) is 0 Å². The molecule has 0 radical (unpaired) electrons. The van der Waals surface area contributed by atoms with Gasteiger partial charge in [-0.1, -0.05) is 41.9 Å². The summed E-state index contributed by atoms with van der Waals surface area (Å²) < 4.78 is 25.3. The van der Waals surface area contributed by atoms with Crippen LogP contribution in [-0.2, 0) is 9.84 Å². The van der Waals surface area contributed by atoms with Crippen LogP contribution >= 0.6 is 34.2 Å². The van der Waals surface area contributed by atoms with Crippen LogP contribution in [0.5, 0.6) is 0 Å². The second-order valence-electron chi connectivity index (χ2n) is 3.80. The van der Waals surface area contributed by atoms with E-state index >= 15 is 0 Å². The first-order valence-electron chi connectivity index (χ1n) is 5.43.